The zero-order valence-corrected chi connectivity index (χ0v) is 14.0. The van der Waals surface area contributed by atoms with Gasteiger partial charge in [-0.3, -0.25) is 0 Å². The first kappa shape index (κ1) is 14.8. The third kappa shape index (κ3) is 3.20. The fourth-order valence-corrected chi connectivity index (χ4v) is 3.54. The molecule has 0 saturated heterocycles. The van der Waals surface area contributed by atoms with Gasteiger partial charge in [0.15, 0.2) is 5.16 Å². The number of imidazole rings is 1. The molecule has 3 rings (SSSR count). The molecule has 1 aromatic heterocycles. The third-order valence-corrected chi connectivity index (χ3v) is 4.96. The van der Waals surface area contributed by atoms with E-state index in [4.69, 9.17) is 23.2 Å². The average molecular weight is 337 g/mol. The number of hydrogen-bond donors (Lipinski definition) is 1. The molecule has 1 N–H and O–H groups in total. The van der Waals surface area contributed by atoms with Crippen molar-refractivity contribution in [3.8, 4) is 0 Å². The maximum atomic E-state index is 6.19. The molecule has 0 saturated carbocycles. The SMILES string of the molecule is Cc1cc2nc(SCc3ccc(Cl)cc3Cl)[nH]c2cc1C. The number of halogens is 2. The van der Waals surface area contributed by atoms with Gasteiger partial charge in [-0.1, -0.05) is 41.0 Å². The fraction of sp³-hybridized carbons (Fsp3) is 0.188. The normalized spacial score (nSPS) is 11.2. The van der Waals surface area contributed by atoms with Gasteiger partial charge in [0, 0.05) is 15.8 Å². The van der Waals surface area contributed by atoms with E-state index in [2.05, 4.69) is 35.9 Å². The van der Waals surface area contributed by atoms with Crippen LogP contribution in [0.5, 0.6) is 0 Å². The lowest BCUT2D eigenvalue weighted by Crippen LogP contribution is -1.83. The molecule has 0 fully saturated rings. The summed E-state index contributed by atoms with van der Waals surface area (Å²) in [7, 11) is 0. The van der Waals surface area contributed by atoms with Crippen LogP contribution in [0.3, 0.4) is 0 Å². The number of H-pyrrole nitrogens is 1. The van der Waals surface area contributed by atoms with Crippen LogP contribution in [0.1, 0.15) is 16.7 Å². The summed E-state index contributed by atoms with van der Waals surface area (Å²) in [6.07, 6.45) is 0. The van der Waals surface area contributed by atoms with Crippen molar-refractivity contribution in [2.45, 2.75) is 24.8 Å². The number of rotatable bonds is 3. The highest BCUT2D eigenvalue weighted by Gasteiger charge is 2.07. The van der Waals surface area contributed by atoms with Crippen LogP contribution in [-0.2, 0) is 5.75 Å². The largest absolute Gasteiger partial charge is 0.333 e. The van der Waals surface area contributed by atoms with Crippen molar-refractivity contribution >= 4 is 46.0 Å². The van der Waals surface area contributed by atoms with Crippen molar-refractivity contribution in [2.24, 2.45) is 0 Å². The smallest absolute Gasteiger partial charge is 0.166 e. The number of nitrogens with one attached hydrogen (secondary N) is 1. The van der Waals surface area contributed by atoms with E-state index in [0.29, 0.717) is 10.0 Å². The summed E-state index contributed by atoms with van der Waals surface area (Å²) in [5.74, 6) is 0.758. The van der Waals surface area contributed by atoms with Crippen molar-refractivity contribution in [3.05, 3.63) is 57.1 Å². The lowest BCUT2D eigenvalue weighted by Gasteiger charge is -2.02. The Bertz CT molecular complexity index is 772. The molecule has 1 heterocycles. The van der Waals surface area contributed by atoms with Gasteiger partial charge in [-0.2, -0.15) is 0 Å². The second-order valence-corrected chi connectivity index (χ2v) is 6.83. The predicted octanol–water partition coefficient (Wildman–Crippen LogP) is 5.78. The van der Waals surface area contributed by atoms with Crippen molar-refractivity contribution in [1.82, 2.24) is 9.97 Å². The van der Waals surface area contributed by atoms with E-state index in [1.165, 1.54) is 11.1 Å². The third-order valence-electron chi connectivity index (χ3n) is 3.46. The molecule has 0 unspecified atom stereocenters. The van der Waals surface area contributed by atoms with Crippen molar-refractivity contribution in [3.63, 3.8) is 0 Å². The van der Waals surface area contributed by atoms with Crippen LogP contribution in [0.15, 0.2) is 35.5 Å². The first-order valence-corrected chi connectivity index (χ1v) is 8.31. The molecule has 3 aromatic rings. The van der Waals surface area contributed by atoms with E-state index in [-0.39, 0.29) is 0 Å². The molecule has 0 bridgehead atoms. The number of nitrogens with zero attached hydrogens (tertiary/aromatic N) is 1. The first-order chi connectivity index (χ1) is 10.0. The zero-order chi connectivity index (χ0) is 15.0. The van der Waals surface area contributed by atoms with Gasteiger partial charge < -0.3 is 4.98 Å². The van der Waals surface area contributed by atoms with Gasteiger partial charge in [0.2, 0.25) is 0 Å². The maximum Gasteiger partial charge on any atom is 0.166 e. The molecule has 2 aromatic carbocycles. The lowest BCUT2D eigenvalue weighted by atomic mass is 10.1. The van der Waals surface area contributed by atoms with E-state index in [9.17, 15) is 0 Å². The Kier molecular flexibility index (Phi) is 4.16. The predicted molar refractivity (Wildman–Crippen MR) is 91.6 cm³/mol. The molecular weight excluding hydrogens is 323 g/mol. The summed E-state index contributed by atoms with van der Waals surface area (Å²) in [6, 6.07) is 9.82. The Morgan fingerprint density at radius 3 is 2.62 bits per heavy atom. The molecule has 0 radical (unpaired) electrons. The maximum absolute atomic E-state index is 6.19. The van der Waals surface area contributed by atoms with Crippen LogP contribution < -0.4 is 0 Å². The molecule has 0 atom stereocenters. The second-order valence-electron chi connectivity index (χ2n) is 5.02. The monoisotopic (exact) mass is 336 g/mol. The minimum atomic E-state index is 0.656. The highest BCUT2D eigenvalue weighted by molar-refractivity contribution is 7.98. The van der Waals surface area contributed by atoms with E-state index in [1.807, 2.05) is 12.1 Å². The van der Waals surface area contributed by atoms with Crippen LogP contribution in [0.4, 0.5) is 0 Å². The minimum absolute atomic E-state index is 0.656. The number of thioether (sulfide) groups is 1. The Balaban J connectivity index is 1.82. The van der Waals surface area contributed by atoms with Crippen molar-refractivity contribution < 1.29 is 0 Å². The van der Waals surface area contributed by atoms with Crippen LogP contribution >= 0.6 is 35.0 Å². The number of aromatic nitrogens is 2. The summed E-state index contributed by atoms with van der Waals surface area (Å²) < 4.78 is 0. The summed E-state index contributed by atoms with van der Waals surface area (Å²) >= 11 is 13.7. The van der Waals surface area contributed by atoms with Crippen molar-refractivity contribution in [2.75, 3.05) is 0 Å². The zero-order valence-electron chi connectivity index (χ0n) is 11.7. The summed E-state index contributed by atoms with van der Waals surface area (Å²) in [5.41, 5.74) is 5.65. The van der Waals surface area contributed by atoms with Crippen LogP contribution in [-0.4, -0.2) is 9.97 Å². The number of hydrogen-bond acceptors (Lipinski definition) is 2. The molecule has 0 aliphatic carbocycles. The molecule has 108 valence electrons. The minimum Gasteiger partial charge on any atom is -0.333 e. The number of fused-ring (bicyclic) bond motifs is 1. The van der Waals surface area contributed by atoms with Gasteiger partial charge in [-0.05, 0) is 54.8 Å². The van der Waals surface area contributed by atoms with E-state index >= 15 is 0 Å². The van der Waals surface area contributed by atoms with Gasteiger partial charge in [-0.25, -0.2) is 4.98 Å². The van der Waals surface area contributed by atoms with Crippen molar-refractivity contribution in [1.29, 1.82) is 0 Å². The van der Waals surface area contributed by atoms with Gasteiger partial charge >= 0.3 is 0 Å². The van der Waals surface area contributed by atoms with Gasteiger partial charge in [0.05, 0.1) is 11.0 Å². The summed E-state index contributed by atoms with van der Waals surface area (Å²) in [5, 5.41) is 2.25. The Morgan fingerprint density at radius 2 is 1.86 bits per heavy atom. The van der Waals surface area contributed by atoms with Gasteiger partial charge in [0.1, 0.15) is 0 Å². The van der Waals surface area contributed by atoms with Gasteiger partial charge in [-0.15, -0.1) is 0 Å². The number of aryl methyl sites for hydroxylation is 2. The van der Waals surface area contributed by atoms with Crippen LogP contribution in [0, 0.1) is 13.8 Å². The van der Waals surface area contributed by atoms with E-state index in [0.717, 1.165) is 27.5 Å². The number of benzene rings is 2. The molecule has 0 aliphatic heterocycles. The Labute approximate surface area is 137 Å². The molecule has 5 heteroatoms. The molecular formula is C16H14Cl2N2S. The van der Waals surface area contributed by atoms with E-state index < -0.39 is 0 Å². The van der Waals surface area contributed by atoms with Crippen LogP contribution in [0.25, 0.3) is 11.0 Å². The summed E-state index contributed by atoms with van der Waals surface area (Å²) in [4.78, 5) is 7.96. The lowest BCUT2D eigenvalue weighted by molar-refractivity contribution is 1.08. The molecule has 21 heavy (non-hydrogen) atoms. The molecule has 2 nitrogen and oxygen atoms in total. The first-order valence-electron chi connectivity index (χ1n) is 6.56. The van der Waals surface area contributed by atoms with E-state index in [1.54, 1.807) is 17.8 Å². The van der Waals surface area contributed by atoms with Gasteiger partial charge in [0.25, 0.3) is 0 Å². The Hall–Kier alpha value is -1.16. The highest BCUT2D eigenvalue weighted by Crippen LogP contribution is 2.29. The standard InChI is InChI=1S/C16H14Cl2N2S/c1-9-5-14-15(6-10(9)2)20-16(19-14)21-8-11-3-4-12(17)7-13(11)18/h3-7H,8H2,1-2H3,(H,19,20). The molecule has 0 amide bonds. The molecule has 0 aliphatic rings. The quantitative estimate of drug-likeness (QED) is 0.614. The second kappa shape index (κ2) is 5.91. The number of aromatic amines is 1. The summed E-state index contributed by atoms with van der Waals surface area (Å²) in [6.45, 7) is 4.21. The topological polar surface area (TPSA) is 28.7 Å². The van der Waals surface area contributed by atoms with Crippen LogP contribution in [0.2, 0.25) is 10.0 Å². The average Bonchev–Trinajstić information content (AvgIpc) is 2.80. The highest BCUT2D eigenvalue weighted by atomic mass is 35.5. The molecule has 0 spiro atoms. The Morgan fingerprint density at radius 1 is 1.10 bits per heavy atom. The fourth-order valence-electron chi connectivity index (χ4n) is 2.10.